The molecule has 0 unspecified atom stereocenters. The van der Waals surface area contributed by atoms with E-state index in [0.717, 1.165) is 30.2 Å². The quantitative estimate of drug-likeness (QED) is 0.868. The number of carbonyl (C=O) groups is 1. The van der Waals surface area contributed by atoms with Gasteiger partial charge < -0.3 is 0 Å². The highest BCUT2D eigenvalue weighted by molar-refractivity contribution is 8.15. The summed E-state index contributed by atoms with van der Waals surface area (Å²) in [6.07, 6.45) is 2.18. The van der Waals surface area contributed by atoms with E-state index in [1.807, 2.05) is 40.8 Å². The van der Waals surface area contributed by atoms with Crippen molar-refractivity contribution in [3.05, 3.63) is 47.7 Å². The number of hydrogen-bond donors (Lipinski definition) is 0. The van der Waals surface area contributed by atoms with Crippen LogP contribution < -0.4 is 0 Å². The number of hydrogen-bond acceptors (Lipinski definition) is 4. The van der Waals surface area contributed by atoms with Gasteiger partial charge in [-0.3, -0.25) is 14.4 Å². The van der Waals surface area contributed by atoms with Crippen molar-refractivity contribution >= 4 is 28.7 Å². The number of aliphatic imine (C=N–C) groups is 1. The summed E-state index contributed by atoms with van der Waals surface area (Å²) in [5.41, 5.74) is 2.28. The van der Waals surface area contributed by atoms with Gasteiger partial charge in [-0.25, -0.2) is 4.99 Å². The molecule has 6 heteroatoms. The summed E-state index contributed by atoms with van der Waals surface area (Å²) in [6.45, 7) is 2.77. The van der Waals surface area contributed by atoms with Gasteiger partial charge in [0.25, 0.3) is 0 Å². The molecule has 1 aromatic heterocycles. The Hall–Kier alpha value is -2.08. The molecule has 118 valence electrons. The Morgan fingerprint density at radius 3 is 2.83 bits per heavy atom. The first-order valence-corrected chi connectivity index (χ1v) is 8.81. The van der Waals surface area contributed by atoms with Crippen molar-refractivity contribution in [2.24, 2.45) is 4.99 Å². The fourth-order valence-electron chi connectivity index (χ4n) is 2.71. The van der Waals surface area contributed by atoms with E-state index in [9.17, 15) is 4.79 Å². The number of aromatic nitrogens is 2. The van der Waals surface area contributed by atoms with E-state index < -0.39 is 0 Å². The Labute approximate surface area is 139 Å². The molecule has 23 heavy (non-hydrogen) atoms. The second kappa shape index (κ2) is 5.85. The second-order valence-electron chi connectivity index (χ2n) is 5.97. The summed E-state index contributed by atoms with van der Waals surface area (Å²) in [5.74, 6) is 1.36. The Bertz CT molecular complexity index is 764. The Kier molecular flexibility index (Phi) is 3.69. The van der Waals surface area contributed by atoms with Crippen molar-refractivity contribution < 1.29 is 4.79 Å². The van der Waals surface area contributed by atoms with Crippen LogP contribution in [0.3, 0.4) is 0 Å². The number of amides is 1. The smallest absolute Gasteiger partial charge is 0.239 e. The van der Waals surface area contributed by atoms with Gasteiger partial charge >= 0.3 is 0 Å². The van der Waals surface area contributed by atoms with E-state index >= 15 is 0 Å². The third-order valence-electron chi connectivity index (χ3n) is 4.07. The van der Waals surface area contributed by atoms with Crippen LogP contribution in [0.25, 0.3) is 0 Å². The average Bonchev–Trinajstić information content (AvgIpc) is 3.23. The van der Waals surface area contributed by atoms with E-state index in [1.54, 1.807) is 0 Å². The van der Waals surface area contributed by atoms with E-state index in [-0.39, 0.29) is 5.91 Å². The highest BCUT2D eigenvalue weighted by Gasteiger charge is 2.40. The maximum absolute atomic E-state index is 12.0. The van der Waals surface area contributed by atoms with Crippen molar-refractivity contribution in [1.82, 2.24) is 14.7 Å². The highest BCUT2D eigenvalue weighted by Crippen LogP contribution is 2.34. The van der Waals surface area contributed by atoms with Gasteiger partial charge in [0.05, 0.1) is 12.3 Å². The average molecular weight is 326 g/mol. The molecule has 1 saturated carbocycles. The van der Waals surface area contributed by atoms with Crippen LogP contribution in [-0.4, -0.2) is 37.5 Å². The fraction of sp³-hybridized carbons (Fsp3) is 0.353. The van der Waals surface area contributed by atoms with Crippen molar-refractivity contribution in [2.45, 2.75) is 32.4 Å². The van der Waals surface area contributed by atoms with Crippen LogP contribution in [0.1, 0.15) is 24.1 Å². The Morgan fingerprint density at radius 2 is 2.09 bits per heavy atom. The summed E-state index contributed by atoms with van der Waals surface area (Å²) >= 11 is 1.52. The van der Waals surface area contributed by atoms with E-state index in [1.165, 1.54) is 17.3 Å². The Morgan fingerprint density at radius 1 is 1.30 bits per heavy atom. The zero-order valence-electron chi connectivity index (χ0n) is 13.0. The molecule has 2 heterocycles. The third kappa shape index (κ3) is 3.03. The predicted octanol–water partition coefficient (Wildman–Crippen LogP) is 2.97. The highest BCUT2D eigenvalue weighted by atomic mass is 32.2. The zero-order chi connectivity index (χ0) is 15.8. The van der Waals surface area contributed by atoms with Gasteiger partial charge in [0.15, 0.2) is 11.0 Å². The first kappa shape index (κ1) is 14.5. The molecule has 2 aliphatic rings. The van der Waals surface area contributed by atoms with Crippen LogP contribution in [0, 0.1) is 6.92 Å². The third-order valence-corrected chi connectivity index (χ3v) is 5.00. The van der Waals surface area contributed by atoms with Gasteiger partial charge in [-0.15, -0.1) is 0 Å². The first-order valence-electron chi connectivity index (χ1n) is 7.82. The lowest BCUT2D eigenvalue weighted by Gasteiger charge is -2.13. The summed E-state index contributed by atoms with van der Waals surface area (Å²) in [4.78, 5) is 18.5. The molecule has 1 saturated heterocycles. The van der Waals surface area contributed by atoms with E-state index in [4.69, 9.17) is 0 Å². The lowest BCUT2D eigenvalue weighted by Crippen LogP contribution is -2.31. The Balaban J connectivity index is 1.57. The molecule has 1 amide bonds. The molecule has 4 rings (SSSR count). The second-order valence-corrected chi connectivity index (χ2v) is 6.91. The first-order chi connectivity index (χ1) is 11.2. The normalized spacial score (nSPS) is 19.8. The van der Waals surface area contributed by atoms with Gasteiger partial charge in [-0.05, 0) is 25.3 Å². The maximum atomic E-state index is 12.0. The minimum atomic E-state index is 0.177. The van der Waals surface area contributed by atoms with Crippen LogP contribution >= 0.6 is 11.8 Å². The molecule has 5 nitrogen and oxygen atoms in total. The molecule has 2 aromatic rings. The van der Waals surface area contributed by atoms with Crippen LogP contribution in [0.15, 0.2) is 41.4 Å². The molecular formula is C17H18N4OS. The molecule has 2 fully saturated rings. The van der Waals surface area contributed by atoms with Gasteiger partial charge in [-0.2, -0.15) is 5.10 Å². The predicted molar refractivity (Wildman–Crippen MR) is 91.9 cm³/mol. The largest absolute Gasteiger partial charge is 0.287 e. The lowest BCUT2D eigenvalue weighted by molar-refractivity contribution is -0.124. The van der Waals surface area contributed by atoms with E-state index in [2.05, 4.69) is 22.2 Å². The maximum Gasteiger partial charge on any atom is 0.239 e. The number of carbonyl (C=O) groups excluding carboxylic acids is 1. The van der Waals surface area contributed by atoms with Crippen LogP contribution in [0.4, 0.5) is 5.82 Å². The number of nitrogens with zero attached hydrogens (tertiary/aromatic N) is 4. The number of rotatable bonds is 4. The molecule has 0 N–H and O–H groups in total. The molecule has 1 aliphatic carbocycles. The zero-order valence-corrected chi connectivity index (χ0v) is 13.8. The minimum absolute atomic E-state index is 0.177. The molecule has 0 atom stereocenters. The minimum Gasteiger partial charge on any atom is -0.287 e. The lowest BCUT2D eigenvalue weighted by atomic mass is 10.2. The fourth-order valence-corrected chi connectivity index (χ4v) is 3.65. The number of thioether (sulfide) groups is 1. The molecular weight excluding hydrogens is 308 g/mol. The number of benzene rings is 1. The van der Waals surface area contributed by atoms with Crippen molar-refractivity contribution in [3.63, 3.8) is 0 Å². The number of aryl methyl sites for hydroxylation is 1. The van der Waals surface area contributed by atoms with Gasteiger partial charge in [0.2, 0.25) is 5.91 Å². The van der Waals surface area contributed by atoms with Gasteiger partial charge in [0, 0.05) is 17.8 Å². The van der Waals surface area contributed by atoms with Crippen LogP contribution in [0.5, 0.6) is 0 Å². The van der Waals surface area contributed by atoms with Gasteiger partial charge in [0.1, 0.15) is 0 Å². The van der Waals surface area contributed by atoms with E-state index in [0.29, 0.717) is 17.6 Å². The van der Waals surface area contributed by atoms with Crippen molar-refractivity contribution in [3.8, 4) is 0 Å². The molecule has 0 radical (unpaired) electrons. The summed E-state index contributed by atoms with van der Waals surface area (Å²) < 4.78 is 1.96. The summed E-state index contributed by atoms with van der Waals surface area (Å²) in [6, 6.07) is 12.6. The van der Waals surface area contributed by atoms with Crippen molar-refractivity contribution in [1.29, 1.82) is 0 Å². The topological polar surface area (TPSA) is 50.5 Å². The monoisotopic (exact) mass is 326 g/mol. The molecule has 1 aliphatic heterocycles. The van der Waals surface area contributed by atoms with Gasteiger partial charge in [-0.1, -0.05) is 42.1 Å². The molecule has 0 bridgehead atoms. The van der Waals surface area contributed by atoms with Crippen molar-refractivity contribution in [2.75, 3.05) is 5.75 Å². The summed E-state index contributed by atoms with van der Waals surface area (Å²) in [5, 5.41) is 5.39. The number of amidine groups is 1. The molecule has 1 aromatic carbocycles. The van der Waals surface area contributed by atoms with Crippen LogP contribution in [-0.2, 0) is 11.3 Å². The van der Waals surface area contributed by atoms with Crippen LogP contribution in [0.2, 0.25) is 0 Å². The molecule has 0 spiro atoms. The summed E-state index contributed by atoms with van der Waals surface area (Å²) in [7, 11) is 0. The SMILES string of the molecule is Cc1cc(N=C2SCC(=O)N2C2CC2)nn1Cc1ccccc1. The standard InChI is InChI=1S/C17H18N4OS/c1-12-9-15(19-20(12)10-13-5-3-2-4-6-13)18-17-21(14-7-8-14)16(22)11-23-17/h2-6,9,14H,7-8,10-11H2,1H3.